The molecule has 0 unspecified atom stereocenters. The summed E-state index contributed by atoms with van der Waals surface area (Å²) >= 11 is 6.47. The zero-order valence-corrected chi connectivity index (χ0v) is 14.6. The molecule has 2 aromatic carbocycles. The fraction of sp³-hybridized carbons (Fsp3) is 0.400. The predicted octanol–water partition coefficient (Wildman–Crippen LogP) is 4.65. The summed E-state index contributed by atoms with van der Waals surface area (Å²) in [5.41, 5.74) is 2.39. The van der Waals surface area contributed by atoms with Crippen LogP contribution in [0.25, 0.3) is 0 Å². The van der Waals surface area contributed by atoms with Gasteiger partial charge >= 0.3 is 0 Å². The number of ether oxygens (including phenoxy) is 1. The lowest BCUT2D eigenvalue weighted by atomic mass is 9.78. The van der Waals surface area contributed by atoms with E-state index in [4.69, 9.17) is 16.3 Å². The molecule has 0 radical (unpaired) electrons. The van der Waals surface area contributed by atoms with Crippen LogP contribution in [0.5, 0.6) is 5.75 Å². The topological polar surface area (TPSA) is 21.3 Å². The van der Waals surface area contributed by atoms with Crippen molar-refractivity contribution in [2.75, 3.05) is 19.7 Å². The van der Waals surface area contributed by atoms with Gasteiger partial charge in [0.15, 0.2) is 0 Å². The Bertz CT molecular complexity index is 648. The van der Waals surface area contributed by atoms with Crippen LogP contribution < -0.4 is 10.1 Å². The molecule has 1 fully saturated rings. The molecule has 1 N–H and O–H groups in total. The average Bonchev–Trinajstić information content (AvgIpc) is 3.08. The second-order valence-corrected chi connectivity index (χ2v) is 7.21. The molecule has 1 heterocycles. The van der Waals surface area contributed by atoms with E-state index in [0.717, 1.165) is 25.4 Å². The summed E-state index contributed by atoms with van der Waals surface area (Å²) in [6.45, 7) is 7.30. The Hall–Kier alpha value is -1.51. The third-order valence-corrected chi connectivity index (χ3v) is 5.08. The number of halogens is 1. The first-order chi connectivity index (χ1) is 11.1. The van der Waals surface area contributed by atoms with Gasteiger partial charge in [0.05, 0.1) is 11.6 Å². The highest BCUT2D eigenvalue weighted by atomic mass is 35.5. The van der Waals surface area contributed by atoms with E-state index in [0.29, 0.717) is 10.9 Å². The average molecular weight is 330 g/mol. The molecule has 0 amide bonds. The van der Waals surface area contributed by atoms with Crippen molar-refractivity contribution in [3.05, 3.63) is 64.7 Å². The minimum Gasteiger partial charge on any atom is -0.492 e. The summed E-state index contributed by atoms with van der Waals surface area (Å²) in [6, 6.07) is 16.7. The highest BCUT2D eigenvalue weighted by Gasteiger charge is 2.24. The van der Waals surface area contributed by atoms with Crippen LogP contribution in [-0.2, 0) is 5.41 Å². The fourth-order valence-corrected chi connectivity index (χ4v) is 3.33. The maximum Gasteiger partial charge on any atom is 0.137 e. The van der Waals surface area contributed by atoms with Gasteiger partial charge in [-0.25, -0.2) is 0 Å². The van der Waals surface area contributed by atoms with Crippen LogP contribution in [0.2, 0.25) is 5.02 Å². The quantitative estimate of drug-likeness (QED) is 0.861. The van der Waals surface area contributed by atoms with Gasteiger partial charge in [-0.1, -0.05) is 61.8 Å². The summed E-state index contributed by atoms with van der Waals surface area (Å²) in [5.74, 6) is 1.37. The first-order valence-electron chi connectivity index (χ1n) is 8.26. The Morgan fingerprint density at radius 3 is 2.57 bits per heavy atom. The molecule has 0 saturated carbocycles. The van der Waals surface area contributed by atoms with Gasteiger partial charge in [0, 0.05) is 17.9 Å². The van der Waals surface area contributed by atoms with E-state index < -0.39 is 0 Å². The van der Waals surface area contributed by atoms with Crippen molar-refractivity contribution in [3.63, 3.8) is 0 Å². The Labute approximate surface area is 143 Å². The maximum absolute atomic E-state index is 6.47. The molecule has 0 aliphatic carbocycles. The van der Waals surface area contributed by atoms with Crippen molar-refractivity contribution in [1.82, 2.24) is 5.32 Å². The van der Waals surface area contributed by atoms with E-state index in [9.17, 15) is 0 Å². The molecule has 0 bridgehead atoms. The van der Waals surface area contributed by atoms with E-state index in [-0.39, 0.29) is 5.41 Å². The first-order valence-corrected chi connectivity index (χ1v) is 8.64. The molecule has 3 rings (SSSR count). The Balaban J connectivity index is 1.75. The van der Waals surface area contributed by atoms with E-state index in [2.05, 4.69) is 49.5 Å². The Morgan fingerprint density at radius 1 is 1.13 bits per heavy atom. The lowest BCUT2D eigenvalue weighted by Crippen LogP contribution is -2.19. The van der Waals surface area contributed by atoms with E-state index in [1.165, 1.54) is 17.5 Å². The molecule has 122 valence electrons. The van der Waals surface area contributed by atoms with Gasteiger partial charge in [0.1, 0.15) is 5.75 Å². The van der Waals surface area contributed by atoms with E-state index in [1.807, 2.05) is 18.2 Å². The molecule has 23 heavy (non-hydrogen) atoms. The van der Waals surface area contributed by atoms with Crippen molar-refractivity contribution >= 4 is 11.6 Å². The molecule has 3 heteroatoms. The van der Waals surface area contributed by atoms with Crippen molar-refractivity contribution < 1.29 is 4.74 Å². The monoisotopic (exact) mass is 329 g/mol. The molecule has 0 spiro atoms. The molecule has 2 aromatic rings. The third kappa shape index (κ3) is 3.70. The fourth-order valence-electron chi connectivity index (χ4n) is 3.09. The van der Waals surface area contributed by atoms with Crippen LogP contribution in [0.15, 0.2) is 48.5 Å². The highest BCUT2D eigenvalue weighted by Crippen LogP contribution is 2.35. The second-order valence-electron chi connectivity index (χ2n) is 6.81. The molecule has 1 aliphatic heterocycles. The number of benzene rings is 2. The van der Waals surface area contributed by atoms with Crippen molar-refractivity contribution in [2.24, 2.45) is 5.92 Å². The molecule has 0 aromatic heterocycles. The molecule has 1 atom stereocenters. The van der Waals surface area contributed by atoms with Crippen LogP contribution in [-0.4, -0.2) is 19.7 Å². The summed E-state index contributed by atoms with van der Waals surface area (Å²) in [6.07, 6.45) is 1.18. The Kier molecular flexibility index (Phi) is 4.93. The maximum atomic E-state index is 6.47. The summed E-state index contributed by atoms with van der Waals surface area (Å²) < 4.78 is 5.92. The van der Waals surface area contributed by atoms with Crippen molar-refractivity contribution in [2.45, 2.75) is 25.7 Å². The molecule has 1 aliphatic rings. The van der Waals surface area contributed by atoms with E-state index in [1.54, 1.807) is 0 Å². The van der Waals surface area contributed by atoms with Crippen LogP contribution in [0, 0.1) is 5.92 Å². The Morgan fingerprint density at radius 2 is 1.91 bits per heavy atom. The normalized spacial score (nSPS) is 18.1. The SMILES string of the molecule is CC(C)(c1ccccc1)c1ccc(OC[C@@H]2CCNC2)c(Cl)c1. The van der Waals surface area contributed by atoms with Crippen molar-refractivity contribution in [3.8, 4) is 5.75 Å². The zero-order chi connectivity index (χ0) is 16.3. The standard InChI is InChI=1S/C20H24ClNO/c1-20(2,16-6-4-3-5-7-16)17-8-9-19(18(21)12-17)23-14-15-10-11-22-13-15/h3-9,12,15,22H,10-11,13-14H2,1-2H3/t15-/m1/s1. The molecule has 1 saturated heterocycles. The van der Waals surface area contributed by atoms with Crippen LogP contribution >= 0.6 is 11.6 Å². The van der Waals surface area contributed by atoms with Crippen LogP contribution in [0.1, 0.15) is 31.4 Å². The number of nitrogens with one attached hydrogen (secondary N) is 1. The minimum atomic E-state index is -0.0845. The minimum absolute atomic E-state index is 0.0845. The van der Waals surface area contributed by atoms with E-state index >= 15 is 0 Å². The summed E-state index contributed by atoms with van der Waals surface area (Å²) in [5, 5.41) is 4.05. The summed E-state index contributed by atoms with van der Waals surface area (Å²) in [7, 11) is 0. The second kappa shape index (κ2) is 6.94. The lowest BCUT2D eigenvalue weighted by Gasteiger charge is -2.26. The van der Waals surface area contributed by atoms with Gasteiger partial charge in [0.2, 0.25) is 0 Å². The molecular formula is C20H24ClNO. The van der Waals surface area contributed by atoms with Crippen molar-refractivity contribution in [1.29, 1.82) is 0 Å². The third-order valence-electron chi connectivity index (χ3n) is 4.79. The van der Waals surface area contributed by atoms with Crippen LogP contribution in [0.3, 0.4) is 0 Å². The van der Waals surface area contributed by atoms with Gasteiger partial charge in [-0.2, -0.15) is 0 Å². The van der Waals surface area contributed by atoms with Gasteiger partial charge in [-0.3, -0.25) is 0 Å². The summed E-state index contributed by atoms with van der Waals surface area (Å²) in [4.78, 5) is 0. The molecular weight excluding hydrogens is 306 g/mol. The zero-order valence-electron chi connectivity index (χ0n) is 13.8. The largest absolute Gasteiger partial charge is 0.492 e. The smallest absolute Gasteiger partial charge is 0.137 e. The van der Waals surface area contributed by atoms with Crippen LogP contribution in [0.4, 0.5) is 0 Å². The van der Waals surface area contributed by atoms with Gasteiger partial charge in [0.25, 0.3) is 0 Å². The number of hydrogen-bond donors (Lipinski definition) is 1. The number of hydrogen-bond acceptors (Lipinski definition) is 2. The number of rotatable bonds is 5. The van der Waals surface area contributed by atoms with Gasteiger partial charge in [-0.05, 0) is 36.2 Å². The predicted molar refractivity (Wildman–Crippen MR) is 96.5 cm³/mol. The first kappa shape index (κ1) is 16.4. The highest BCUT2D eigenvalue weighted by molar-refractivity contribution is 6.32. The lowest BCUT2D eigenvalue weighted by molar-refractivity contribution is 0.260. The van der Waals surface area contributed by atoms with Gasteiger partial charge in [-0.15, -0.1) is 0 Å². The molecule has 2 nitrogen and oxygen atoms in total. The van der Waals surface area contributed by atoms with Gasteiger partial charge < -0.3 is 10.1 Å².